The number of ether oxygens (including phenoxy) is 1. The Hall–Kier alpha value is -3.01. The summed E-state index contributed by atoms with van der Waals surface area (Å²) in [5, 5.41) is 5.68. The summed E-state index contributed by atoms with van der Waals surface area (Å²) < 4.78 is 5.37. The fourth-order valence-corrected chi connectivity index (χ4v) is 3.86. The largest absolute Gasteiger partial charge is 0.444 e. The maximum absolute atomic E-state index is 13.8. The van der Waals surface area contributed by atoms with Gasteiger partial charge in [-0.2, -0.15) is 0 Å². The number of alkyl carbamates (subject to hydrolysis) is 1. The van der Waals surface area contributed by atoms with Crippen LogP contribution in [0.1, 0.15) is 90.5 Å². The molecular weight excluding hydrogens is 442 g/mol. The van der Waals surface area contributed by atoms with Crippen molar-refractivity contribution in [3.63, 3.8) is 0 Å². The molecule has 0 radical (unpaired) electrons. The molecule has 7 heteroatoms. The van der Waals surface area contributed by atoms with Crippen molar-refractivity contribution in [1.82, 2.24) is 15.5 Å². The molecule has 0 saturated heterocycles. The number of terminal acetylenes is 1. The van der Waals surface area contributed by atoms with E-state index in [2.05, 4.69) is 16.7 Å². The zero-order chi connectivity index (χ0) is 26.9. The van der Waals surface area contributed by atoms with Gasteiger partial charge in [0.05, 0.1) is 0 Å². The van der Waals surface area contributed by atoms with Gasteiger partial charge in [0.2, 0.25) is 5.91 Å². The Morgan fingerprint density at radius 1 is 1.11 bits per heavy atom. The lowest BCUT2D eigenvalue weighted by molar-refractivity contribution is -0.139. The van der Waals surface area contributed by atoms with Crippen molar-refractivity contribution in [2.75, 3.05) is 0 Å². The van der Waals surface area contributed by atoms with Crippen LogP contribution < -0.4 is 10.6 Å². The van der Waals surface area contributed by atoms with E-state index in [4.69, 9.17) is 11.2 Å². The van der Waals surface area contributed by atoms with E-state index in [1.54, 1.807) is 20.8 Å². The molecule has 0 heterocycles. The number of rotatable bonds is 10. The first-order valence-corrected chi connectivity index (χ1v) is 12.4. The Bertz CT molecular complexity index is 927. The topological polar surface area (TPSA) is 87.7 Å². The summed E-state index contributed by atoms with van der Waals surface area (Å²) in [7, 11) is 0. The third-order valence-corrected chi connectivity index (χ3v) is 5.42. The van der Waals surface area contributed by atoms with Crippen molar-refractivity contribution < 1.29 is 19.1 Å². The second-order valence-corrected chi connectivity index (χ2v) is 10.6. The summed E-state index contributed by atoms with van der Waals surface area (Å²) in [6.45, 7) is 16.9. The van der Waals surface area contributed by atoms with Gasteiger partial charge in [0.1, 0.15) is 17.7 Å². The molecule has 1 aromatic carbocycles. The molecule has 2 N–H and O–H groups in total. The van der Waals surface area contributed by atoms with Gasteiger partial charge >= 0.3 is 6.09 Å². The summed E-state index contributed by atoms with van der Waals surface area (Å²) in [5.74, 6) is -0.807. The average Bonchev–Trinajstić information content (AvgIpc) is 2.71. The maximum Gasteiger partial charge on any atom is 0.408 e. The van der Waals surface area contributed by atoms with Crippen LogP contribution in [0.15, 0.2) is 18.2 Å². The molecule has 0 fully saturated rings. The van der Waals surface area contributed by atoms with Crippen LogP contribution in [-0.4, -0.2) is 40.5 Å². The molecule has 0 aromatic heterocycles. The molecule has 1 rings (SSSR count). The second-order valence-electron chi connectivity index (χ2n) is 10.6. The smallest absolute Gasteiger partial charge is 0.408 e. The molecule has 0 aliphatic rings. The van der Waals surface area contributed by atoms with E-state index in [1.807, 2.05) is 59.7 Å². The maximum atomic E-state index is 13.8. The van der Waals surface area contributed by atoms with Gasteiger partial charge in [-0.1, -0.05) is 57.4 Å². The first-order chi connectivity index (χ1) is 16.2. The lowest BCUT2D eigenvalue weighted by atomic mass is 9.95. The van der Waals surface area contributed by atoms with Gasteiger partial charge in [0.15, 0.2) is 0 Å². The Labute approximate surface area is 211 Å². The van der Waals surface area contributed by atoms with Gasteiger partial charge in [-0.3, -0.25) is 14.5 Å². The number of amides is 3. The predicted molar refractivity (Wildman–Crippen MR) is 139 cm³/mol. The van der Waals surface area contributed by atoms with E-state index in [-0.39, 0.29) is 17.9 Å². The van der Waals surface area contributed by atoms with Crippen LogP contribution in [0.5, 0.6) is 0 Å². The van der Waals surface area contributed by atoms with Crippen molar-refractivity contribution in [2.24, 2.45) is 5.92 Å². The first-order valence-electron chi connectivity index (χ1n) is 12.4. The molecule has 3 unspecified atom stereocenters. The van der Waals surface area contributed by atoms with Crippen LogP contribution >= 0.6 is 0 Å². The lowest BCUT2D eigenvalue weighted by Gasteiger charge is -2.32. The van der Waals surface area contributed by atoms with Crippen molar-refractivity contribution in [2.45, 2.75) is 105 Å². The quantitative estimate of drug-likeness (QED) is 0.360. The molecule has 0 spiro atoms. The molecule has 3 atom stereocenters. The van der Waals surface area contributed by atoms with E-state index in [0.717, 1.165) is 28.9 Å². The SMILES string of the molecule is C#CN(C(=O)C(CC(C)C)NC(=O)OC(C)(C)C)C(C(=O)NC(C)CCC)c1cc(C)ccc1C. The number of hydrogen-bond donors (Lipinski definition) is 2. The standard InChI is InChI=1S/C28H43N3O4/c1-11-13-21(7)29-25(32)24(22-17-19(5)14-15-20(22)6)31(12-2)26(33)23(16-18(3)4)30-27(34)35-28(8,9)10/h2,14-15,17-18,21,23-24H,11,13,16H2,1,3-10H3,(H,29,32)(H,30,34). The predicted octanol–water partition coefficient (Wildman–Crippen LogP) is 5.01. The van der Waals surface area contributed by atoms with Crippen LogP contribution in [0.2, 0.25) is 0 Å². The fourth-order valence-electron chi connectivity index (χ4n) is 3.86. The van der Waals surface area contributed by atoms with Crippen LogP contribution in [0.4, 0.5) is 4.79 Å². The third-order valence-electron chi connectivity index (χ3n) is 5.42. The Morgan fingerprint density at radius 3 is 2.26 bits per heavy atom. The second kappa shape index (κ2) is 13.2. The van der Waals surface area contributed by atoms with Gasteiger partial charge in [-0.15, -0.1) is 0 Å². The monoisotopic (exact) mass is 485 g/mol. The Morgan fingerprint density at radius 2 is 1.74 bits per heavy atom. The normalized spacial score (nSPS) is 13.9. The van der Waals surface area contributed by atoms with Gasteiger partial charge in [-0.25, -0.2) is 4.79 Å². The minimum absolute atomic E-state index is 0.0797. The molecule has 0 bridgehead atoms. The highest BCUT2D eigenvalue weighted by Gasteiger charge is 2.37. The molecule has 35 heavy (non-hydrogen) atoms. The number of nitrogens with one attached hydrogen (secondary N) is 2. The van der Waals surface area contributed by atoms with Crippen LogP contribution in [0.25, 0.3) is 0 Å². The molecule has 3 amide bonds. The highest BCUT2D eigenvalue weighted by molar-refractivity contribution is 5.93. The van der Waals surface area contributed by atoms with Crippen LogP contribution in [-0.2, 0) is 14.3 Å². The highest BCUT2D eigenvalue weighted by Crippen LogP contribution is 2.27. The average molecular weight is 486 g/mol. The van der Waals surface area contributed by atoms with Gasteiger partial charge in [0.25, 0.3) is 5.91 Å². The number of hydrogen-bond acceptors (Lipinski definition) is 4. The zero-order valence-electron chi connectivity index (χ0n) is 22.8. The van der Waals surface area contributed by atoms with E-state index >= 15 is 0 Å². The van der Waals surface area contributed by atoms with Gasteiger partial charge in [-0.05, 0) is 71.4 Å². The van der Waals surface area contributed by atoms with Crippen molar-refractivity contribution in [3.8, 4) is 12.5 Å². The molecule has 0 aliphatic carbocycles. The minimum atomic E-state index is -1.04. The number of carbonyl (C=O) groups excluding carboxylic acids is 3. The van der Waals surface area contributed by atoms with Gasteiger partial charge in [0, 0.05) is 12.1 Å². The number of benzene rings is 1. The summed E-state index contributed by atoms with van der Waals surface area (Å²) in [5.41, 5.74) is 1.71. The number of aryl methyl sites for hydroxylation is 2. The van der Waals surface area contributed by atoms with Gasteiger partial charge < -0.3 is 15.4 Å². The number of nitrogens with zero attached hydrogens (tertiary/aromatic N) is 1. The van der Waals surface area contributed by atoms with E-state index in [1.165, 1.54) is 0 Å². The summed E-state index contributed by atoms with van der Waals surface area (Å²) >= 11 is 0. The molecule has 194 valence electrons. The van der Waals surface area contributed by atoms with E-state index in [0.29, 0.717) is 12.0 Å². The fraction of sp³-hybridized carbons (Fsp3) is 0.607. The van der Waals surface area contributed by atoms with E-state index in [9.17, 15) is 14.4 Å². The Kier molecular flexibility index (Phi) is 11.3. The molecular formula is C28H43N3O4. The van der Waals surface area contributed by atoms with Crippen LogP contribution in [0, 0.1) is 32.2 Å². The molecule has 0 saturated carbocycles. The molecule has 7 nitrogen and oxygen atoms in total. The molecule has 1 aromatic rings. The summed E-state index contributed by atoms with van der Waals surface area (Å²) in [4.78, 5) is 40.9. The zero-order valence-corrected chi connectivity index (χ0v) is 22.8. The number of carbonyl (C=O) groups is 3. The van der Waals surface area contributed by atoms with Crippen molar-refractivity contribution in [3.05, 3.63) is 34.9 Å². The summed E-state index contributed by atoms with van der Waals surface area (Å²) in [6, 6.07) is 6.10. The van der Waals surface area contributed by atoms with Crippen molar-refractivity contribution >= 4 is 17.9 Å². The van der Waals surface area contributed by atoms with Crippen LogP contribution in [0.3, 0.4) is 0 Å². The van der Waals surface area contributed by atoms with E-state index < -0.39 is 29.7 Å². The Balaban J connectivity index is 3.46. The minimum Gasteiger partial charge on any atom is -0.444 e. The lowest BCUT2D eigenvalue weighted by Crippen LogP contribution is -2.52. The first kappa shape index (κ1) is 30.0. The molecule has 0 aliphatic heterocycles. The summed E-state index contributed by atoms with van der Waals surface area (Å²) in [6.07, 6.45) is 7.19. The highest BCUT2D eigenvalue weighted by atomic mass is 16.6. The third kappa shape index (κ3) is 9.64. The van der Waals surface area contributed by atoms with Crippen molar-refractivity contribution in [1.29, 1.82) is 0 Å².